The lowest BCUT2D eigenvalue weighted by Crippen LogP contribution is -2.35. The van der Waals surface area contributed by atoms with Crippen molar-refractivity contribution in [2.24, 2.45) is 0 Å². The second-order valence-electron chi connectivity index (χ2n) is 6.63. The summed E-state index contributed by atoms with van der Waals surface area (Å²) in [7, 11) is 0. The average molecular weight is 402 g/mol. The van der Waals surface area contributed by atoms with E-state index in [4.69, 9.17) is 9.26 Å². The number of halogens is 1. The molecule has 0 saturated carbocycles. The van der Waals surface area contributed by atoms with Crippen molar-refractivity contribution in [3.05, 3.63) is 46.6 Å². The molecule has 25 heavy (non-hydrogen) atoms. The summed E-state index contributed by atoms with van der Waals surface area (Å²) in [6, 6.07) is 9.44. The van der Waals surface area contributed by atoms with Crippen LogP contribution in [0.3, 0.4) is 0 Å². The van der Waals surface area contributed by atoms with E-state index in [2.05, 4.69) is 31.1 Å². The number of nitrogens with zero attached hydrogens (tertiary/aromatic N) is 3. The van der Waals surface area contributed by atoms with Gasteiger partial charge in [0.25, 0.3) is 5.89 Å². The van der Waals surface area contributed by atoms with Crippen molar-refractivity contribution in [1.29, 1.82) is 0 Å². The van der Waals surface area contributed by atoms with Crippen molar-refractivity contribution in [3.63, 3.8) is 0 Å². The van der Waals surface area contributed by atoms with Crippen LogP contribution < -0.4 is 4.74 Å². The number of pyridine rings is 1. The van der Waals surface area contributed by atoms with Gasteiger partial charge in [-0.15, -0.1) is 0 Å². The van der Waals surface area contributed by atoms with Gasteiger partial charge in [-0.1, -0.05) is 21.1 Å². The molecule has 0 bridgehead atoms. The van der Waals surface area contributed by atoms with E-state index in [-0.39, 0.29) is 0 Å². The third-order valence-corrected chi connectivity index (χ3v) is 4.60. The maximum Gasteiger partial charge on any atom is 0.259 e. The molecule has 1 aromatic carbocycles. The Morgan fingerprint density at radius 3 is 2.72 bits per heavy atom. The van der Waals surface area contributed by atoms with E-state index in [1.54, 1.807) is 12.3 Å². The minimum Gasteiger partial charge on any atom is -0.471 e. The zero-order valence-electron chi connectivity index (χ0n) is 13.7. The van der Waals surface area contributed by atoms with Gasteiger partial charge in [0.15, 0.2) is 0 Å². The van der Waals surface area contributed by atoms with Crippen LogP contribution in [0, 0.1) is 0 Å². The Balaban J connectivity index is 1.67. The van der Waals surface area contributed by atoms with Gasteiger partial charge in [0.1, 0.15) is 5.60 Å². The van der Waals surface area contributed by atoms with Gasteiger partial charge in [-0.05, 0) is 44.2 Å². The van der Waals surface area contributed by atoms with Crippen LogP contribution in [0.2, 0.25) is 0 Å². The normalized spacial score (nSPS) is 18.5. The fourth-order valence-electron chi connectivity index (χ4n) is 2.85. The molecular weight excluding hydrogens is 386 g/mol. The SMILES string of the molecule is CC1(C)C[C@H](O)c2cc(-c3nc(-c4ccc(Br)cc4)no3)cnc2O1. The first kappa shape index (κ1) is 16.2. The lowest BCUT2D eigenvalue weighted by molar-refractivity contribution is 0.00734. The Labute approximate surface area is 153 Å². The summed E-state index contributed by atoms with van der Waals surface area (Å²) in [6.07, 6.45) is 1.48. The predicted molar refractivity (Wildman–Crippen MR) is 94.9 cm³/mol. The minimum absolute atomic E-state index is 0.352. The molecule has 0 spiro atoms. The maximum atomic E-state index is 10.4. The van der Waals surface area contributed by atoms with E-state index >= 15 is 0 Å². The van der Waals surface area contributed by atoms with Crippen molar-refractivity contribution in [3.8, 4) is 28.7 Å². The summed E-state index contributed by atoms with van der Waals surface area (Å²) in [5.74, 6) is 1.29. The Bertz CT molecular complexity index is 922. The van der Waals surface area contributed by atoms with Crippen molar-refractivity contribution in [2.45, 2.75) is 32.0 Å². The Kier molecular flexibility index (Phi) is 3.85. The standard InChI is InChI=1S/C18H16BrN3O3/c1-18(2)8-14(23)13-7-11(9-20-17(13)24-18)16-21-15(22-25-16)10-3-5-12(19)6-4-10/h3-7,9,14,23H,8H2,1-2H3/t14-/m0/s1. The molecular formula is C18H16BrN3O3. The van der Waals surface area contributed by atoms with Crippen molar-refractivity contribution in [1.82, 2.24) is 15.1 Å². The van der Waals surface area contributed by atoms with Gasteiger partial charge in [0.05, 0.1) is 11.7 Å². The molecule has 0 amide bonds. The first-order valence-electron chi connectivity index (χ1n) is 7.88. The Morgan fingerprint density at radius 1 is 1.20 bits per heavy atom. The van der Waals surface area contributed by atoms with Gasteiger partial charge in [-0.2, -0.15) is 4.98 Å². The number of benzene rings is 1. The Hall–Kier alpha value is -2.25. The molecule has 3 heterocycles. The van der Waals surface area contributed by atoms with Crippen LogP contribution in [0.4, 0.5) is 0 Å². The van der Waals surface area contributed by atoms with Gasteiger partial charge >= 0.3 is 0 Å². The zero-order valence-corrected chi connectivity index (χ0v) is 15.3. The predicted octanol–water partition coefficient (Wildman–Crippen LogP) is 4.16. The van der Waals surface area contributed by atoms with E-state index in [0.717, 1.165) is 10.0 Å². The van der Waals surface area contributed by atoms with Gasteiger partial charge < -0.3 is 14.4 Å². The number of ether oxygens (including phenoxy) is 1. The molecule has 0 aliphatic carbocycles. The average Bonchev–Trinajstić information content (AvgIpc) is 3.04. The van der Waals surface area contributed by atoms with Gasteiger partial charge in [-0.25, -0.2) is 4.98 Å². The molecule has 1 aliphatic rings. The van der Waals surface area contributed by atoms with Crippen LogP contribution in [0.1, 0.15) is 31.9 Å². The number of fused-ring (bicyclic) bond motifs is 1. The quantitative estimate of drug-likeness (QED) is 0.694. The van der Waals surface area contributed by atoms with Crippen molar-refractivity contribution in [2.75, 3.05) is 0 Å². The largest absolute Gasteiger partial charge is 0.471 e. The Morgan fingerprint density at radius 2 is 1.96 bits per heavy atom. The van der Waals surface area contributed by atoms with Crippen LogP contribution >= 0.6 is 15.9 Å². The summed E-state index contributed by atoms with van der Waals surface area (Å²) in [4.78, 5) is 8.75. The van der Waals surface area contributed by atoms with E-state index in [1.807, 2.05) is 38.1 Å². The highest BCUT2D eigenvalue weighted by molar-refractivity contribution is 9.10. The lowest BCUT2D eigenvalue weighted by Gasteiger charge is -2.34. The molecule has 1 atom stereocenters. The lowest BCUT2D eigenvalue weighted by atomic mass is 9.93. The van der Waals surface area contributed by atoms with Crippen LogP contribution in [0.15, 0.2) is 45.5 Å². The third-order valence-electron chi connectivity index (χ3n) is 4.07. The highest BCUT2D eigenvalue weighted by Crippen LogP contribution is 2.39. The number of rotatable bonds is 2. The molecule has 0 fully saturated rings. The van der Waals surface area contributed by atoms with Crippen LogP contribution in [-0.4, -0.2) is 25.8 Å². The summed E-state index contributed by atoms with van der Waals surface area (Å²) in [5.41, 5.74) is 1.70. The monoisotopic (exact) mass is 401 g/mol. The first-order valence-corrected chi connectivity index (χ1v) is 8.68. The summed E-state index contributed by atoms with van der Waals surface area (Å²) < 4.78 is 12.2. The van der Waals surface area contributed by atoms with Crippen molar-refractivity contribution < 1.29 is 14.4 Å². The topological polar surface area (TPSA) is 81.3 Å². The smallest absolute Gasteiger partial charge is 0.259 e. The van der Waals surface area contributed by atoms with E-state index in [1.165, 1.54) is 0 Å². The summed E-state index contributed by atoms with van der Waals surface area (Å²) in [5, 5.41) is 14.4. The summed E-state index contributed by atoms with van der Waals surface area (Å²) >= 11 is 3.40. The third kappa shape index (κ3) is 3.17. The second kappa shape index (κ2) is 5.93. The van der Waals surface area contributed by atoms with Crippen LogP contribution in [0.25, 0.3) is 22.8 Å². The molecule has 7 heteroatoms. The van der Waals surface area contributed by atoms with Crippen LogP contribution in [0.5, 0.6) is 5.88 Å². The van der Waals surface area contributed by atoms with E-state index < -0.39 is 11.7 Å². The number of aliphatic hydroxyl groups is 1. The molecule has 0 unspecified atom stereocenters. The maximum absolute atomic E-state index is 10.4. The molecule has 1 aliphatic heterocycles. The van der Waals surface area contributed by atoms with Crippen molar-refractivity contribution >= 4 is 15.9 Å². The molecule has 0 saturated heterocycles. The van der Waals surface area contributed by atoms with Gasteiger partial charge in [0, 0.05) is 28.2 Å². The number of aromatic nitrogens is 3. The fourth-order valence-corrected chi connectivity index (χ4v) is 3.11. The molecule has 0 radical (unpaired) electrons. The van der Waals surface area contributed by atoms with Crippen LogP contribution in [-0.2, 0) is 0 Å². The minimum atomic E-state index is -0.639. The molecule has 128 valence electrons. The number of hydrogen-bond donors (Lipinski definition) is 1. The second-order valence-corrected chi connectivity index (χ2v) is 7.55. The molecule has 4 rings (SSSR count). The van der Waals surface area contributed by atoms with Gasteiger partial charge in [-0.3, -0.25) is 0 Å². The molecule has 2 aromatic heterocycles. The number of aliphatic hydroxyl groups excluding tert-OH is 1. The highest BCUT2D eigenvalue weighted by atomic mass is 79.9. The number of hydrogen-bond acceptors (Lipinski definition) is 6. The van der Waals surface area contributed by atoms with Gasteiger partial charge in [0.2, 0.25) is 11.7 Å². The fraction of sp³-hybridized carbons (Fsp3) is 0.278. The van der Waals surface area contributed by atoms with E-state index in [9.17, 15) is 5.11 Å². The van der Waals surface area contributed by atoms with E-state index in [0.29, 0.717) is 35.1 Å². The first-order chi connectivity index (χ1) is 11.9. The molecule has 1 N–H and O–H groups in total. The zero-order chi connectivity index (χ0) is 17.6. The highest BCUT2D eigenvalue weighted by Gasteiger charge is 2.34. The molecule has 6 nitrogen and oxygen atoms in total. The summed E-state index contributed by atoms with van der Waals surface area (Å²) in [6.45, 7) is 3.86. The molecule has 3 aromatic rings.